The molecule has 0 saturated carbocycles. The molecule has 4 rings (SSSR count). The first-order valence-electron chi connectivity index (χ1n) is 10.6. The third-order valence-corrected chi connectivity index (χ3v) is 6.72. The van der Waals surface area contributed by atoms with E-state index in [0.717, 1.165) is 35.2 Å². The number of aryl methyl sites for hydroxylation is 2. The van der Waals surface area contributed by atoms with E-state index in [1.807, 2.05) is 12.1 Å². The Kier molecular flexibility index (Phi) is 6.67. The molecule has 1 aliphatic rings. The van der Waals surface area contributed by atoms with Crippen molar-refractivity contribution < 1.29 is 14.3 Å². The molecule has 0 bridgehead atoms. The van der Waals surface area contributed by atoms with Gasteiger partial charge >= 0.3 is 0 Å². The van der Waals surface area contributed by atoms with Crippen LogP contribution in [0.3, 0.4) is 0 Å². The molecule has 3 heterocycles. The lowest BCUT2D eigenvalue weighted by Gasteiger charge is -2.28. The highest BCUT2D eigenvalue weighted by atomic mass is 32.1. The number of nitrogens with zero attached hydrogens (tertiary/aromatic N) is 2. The van der Waals surface area contributed by atoms with Crippen LogP contribution in [0.1, 0.15) is 48.7 Å². The van der Waals surface area contributed by atoms with Crippen LogP contribution in [0.25, 0.3) is 10.2 Å². The van der Waals surface area contributed by atoms with Gasteiger partial charge in [0.05, 0.1) is 30.9 Å². The van der Waals surface area contributed by atoms with Gasteiger partial charge in [-0.3, -0.25) is 9.69 Å². The van der Waals surface area contributed by atoms with Gasteiger partial charge in [-0.25, -0.2) is 4.98 Å². The summed E-state index contributed by atoms with van der Waals surface area (Å²) in [4.78, 5) is 24.8. The van der Waals surface area contributed by atoms with E-state index in [1.54, 1.807) is 17.6 Å². The molecule has 3 aromatic heterocycles. The fourth-order valence-electron chi connectivity index (χ4n) is 3.95. The third kappa shape index (κ3) is 4.83. The van der Waals surface area contributed by atoms with Crippen LogP contribution in [0.2, 0.25) is 0 Å². The summed E-state index contributed by atoms with van der Waals surface area (Å²) in [6.07, 6.45) is 5.30. The molecular formula is C22H29N3O4S. The molecule has 1 aliphatic carbocycles. The maximum atomic E-state index is 12.8. The number of ether oxygens (including phenoxy) is 1. The zero-order valence-corrected chi connectivity index (χ0v) is 18.3. The molecule has 1 atom stereocenters. The number of thiophene rings is 1. The van der Waals surface area contributed by atoms with Gasteiger partial charge in [0, 0.05) is 17.5 Å². The normalized spacial score (nSPS) is 15.2. The van der Waals surface area contributed by atoms with Crippen LogP contribution < -0.4 is 5.56 Å². The van der Waals surface area contributed by atoms with Gasteiger partial charge in [0.25, 0.3) is 5.56 Å². The van der Waals surface area contributed by atoms with Crippen molar-refractivity contribution in [2.45, 2.75) is 64.8 Å². The predicted octanol–water partition coefficient (Wildman–Crippen LogP) is 3.24. The highest BCUT2D eigenvalue weighted by molar-refractivity contribution is 7.18. The number of nitrogens with one attached hydrogen (secondary N) is 1. The Bertz CT molecular complexity index is 1030. The van der Waals surface area contributed by atoms with Crippen molar-refractivity contribution in [1.29, 1.82) is 0 Å². The minimum absolute atomic E-state index is 0.0413. The fraction of sp³-hybridized carbons (Fsp3) is 0.545. The average molecular weight is 432 g/mol. The maximum Gasteiger partial charge on any atom is 0.259 e. The Labute approximate surface area is 179 Å². The van der Waals surface area contributed by atoms with Crippen LogP contribution >= 0.6 is 11.3 Å². The average Bonchev–Trinajstić information content (AvgIpc) is 3.34. The Morgan fingerprint density at radius 2 is 2.20 bits per heavy atom. The zero-order valence-electron chi connectivity index (χ0n) is 17.5. The quantitative estimate of drug-likeness (QED) is 0.540. The van der Waals surface area contributed by atoms with E-state index in [-0.39, 0.29) is 18.2 Å². The molecule has 0 aromatic carbocycles. The van der Waals surface area contributed by atoms with Gasteiger partial charge in [-0.05, 0) is 57.2 Å². The first-order chi connectivity index (χ1) is 14.5. The highest BCUT2D eigenvalue weighted by Gasteiger charge is 2.21. The second-order valence-corrected chi connectivity index (χ2v) is 9.26. The number of fused-ring (bicyclic) bond motifs is 3. The van der Waals surface area contributed by atoms with Crippen LogP contribution in [-0.2, 0) is 30.7 Å². The maximum absolute atomic E-state index is 12.8. The number of hydrogen-bond donors (Lipinski definition) is 2. The summed E-state index contributed by atoms with van der Waals surface area (Å²) >= 11 is 1.66. The molecule has 0 saturated heterocycles. The lowest BCUT2D eigenvalue weighted by molar-refractivity contribution is -0.00158. The van der Waals surface area contributed by atoms with E-state index >= 15 is 0 Å². The highest BCUT2D eigenvalue weighted by Crippen LogP contribution is 2.33. The Morgan fingerprint density at radius 3 is 2.97 bits per heavy atom. The summed E-state index contributed by atoms with van der Waals surface area (Å²) < 4.78 is 10.8. The standard InChI is InChI=1S/C22H29N3O4S/c1-14(2)25(10-15(26)12-28-13-16-6-5-9-29-16)11-19-23-21(27)20-17-7-3-4-8-18(17)30-22(20)24-19/h5-6,9,14-15,26H,3-4,7-8,10-13H2,1-2H3,(H,23,24,27)/t15-/m0/s1. The van der Waals surface area contributed by atoms with Gasteiger partial charge in [-0.15, -0.1) is 11.3 Å². The van der Waals surface area contributed by atoms with Crippen LogP contribution in [0.15, 0.2) is 27.6 Å². The van der Waals surface area contributed by atoms with Gasteiger partial charge in [-0.1, -0.05) is 0 Å². The van der Waals surface area contributed by atoms with Crippen molar-refractivity contribution in [2.24, 2.45) is 0 Å². The minimum atomic E-state index is -0.646. The molecule has 0 radical (unpaired) electrons. The summed E-state index contributed by atoms with van der Waals surface area (Å²) in [6, 6.07) is 3.83. The van der Waals surface area contributed by atoms with Crippen molar-refractivity contribution in [3.8, 4) is 0 Å². The summed E-state index contributed by atoms with van der Waals surface area (Å²) in [5.74, 6) is 1.38. The smallest absolute Gasteiger partial charge is 0.259 e. The summed E-state index contributed by atoms with van der Waals surface area (Å²) in [7, 11) is 0. The number of furan rings is 1. The SMILES string of the molecule is CC(C)N(Cc1nc2sc3c(c2c(=O)[nH]1)CCCC3)C[C@H](O)COCc1ccco1. The fourth-order valence-corrected chi connectivity index (χ4v) is 5.23. The van der Waals surface area contributed by atoms with E-state index in [2.05, 4.69) is 23.7 Å². The van der Waals surface area contributed by atoms with Gasteiger partial charge in [0.1, 0.15) is 23.0 Å². The molecule has 8 heteroatoms. The van der Waals surface area contributed by atoms with Gasteiger partial charge in [-0.2, -0.15) is 0 Å². The Hall–Kier alpha value is -2.00. The second-order valence-electron chi connectivity index (χ2n) is 8.18. The van der Waals surface area contributed by atoms with Crippen molar-refractivity contribution in [2.75, 3.05) is 13.2 Å². The number of aliphatic hydroxyl groups is 1. The summed E-state index contributed by atoms with van der Waals surface area (Å²) in [6.45, 7) is 5.58. The molecule has 2 N–H and O–H groups in total. The molecule has 162 valence electrons. The lowest BCUT2D eigenvalue weighted by Crippen LogP contribution is -2.39. The molecule has 0 unspecified atom stereocenters. The number of H-pyrrole nitrogens is 1. The molecule has 0 fully saturated rings. The monoisotopic (exact) mass is 431 g/mol. The topological polar surface area (TPSA) is 91.6 Å². The summed E-state index contributed by atoms with van der Waals surface area (Å²) in [5, 5.41) is 11.2. The predicted molar refractivity (Wildman–Crippen MR) is 117 cm³/mol. The Morgan fingerprint density at radius 1 is 1.37 bits per heavy atom. The van der Waals surface area contributed by atoms with Crippen LogP contribution in [0.4, 0.5) is 0 Å². The number of hydrogen-bond acceptors (Lipinski definition) is 7. The van der Waals surface area contributed by atoms with Crippen molar-refractivity contribution in [3.63, 3.8) is 0 Å². The second kappa shape index (κ2) is 9.43. The molecule has 3 aromatic rings. The van der Waals surface area contributed by atoms with Gasteiger partial charge in [0.15, 0.2) is 0 Å². The first-order valence-corrected chi connectivity index (χ1v) is 11.4. The van der Waals surface area contributed by atoms with Crippen molar-refractivity contribution >= 4 is 21.6 Å². The minimum Gasteiger partial charge on any atom is -0.467 e. The van der Waals surface area contributed by atoms with Crippen molar-refractivity contribution in [1.82, 2.24) is 14.9 Å². The lowest BCUT2D eigenvalue weighted by atomic mass is 9.97. The van der Waals surface area contributed by atoms with E-state index in [9.17, 15) is 9.90 Å². The molecule has 30 heavy (non-hydrogen) atoms. The van der Waals surface area contributed by atoms with Crippen LogP contribution in [0.5, 0.6) is 0 Å². The third-order valence-electron chi connectivity index (χ3n) is 5.54. The molecule has 0 spiro atoms. The van der Waals surface area contributed by atoms with Crippen LogP contribution in [-0.4, -0.2) is 45.3 Å². The molecular weight excluding hydrogens is 402 g/mol. The molecule has 0 amide bonds. The molecule has 7 nitrogen and oxygen atoms in total. The largest absolute Gasteiger partial charge is 0.467 e. The summed E-state index contributed by atoms with van der Waals surface area (Å²) in [5.41, 5.74) is 1.16. The van der Waals surface area contributed by atoms with E-state index in [1.165, 1.54) is 16.9 Å². The van der Waals surface area contributed by atoms with Gasteiger partial charge < -0.3 is 19.2 Å². The number of aromatic nitrogens is 2. The van der Waals surface area contributed by atoms with Gasteiger partial charge in [0.2, 0.25) is 0 Å². The number of aromatic amines is 1. The van der Waals surface area contributed by atoms with Crippen LogP contribution in [0, 0.1) is 0 Å². The first kappa shape index (κ1) is 21.2. The van der Waals surface area contributed by atoms with E-state index in [4.69, 9.17) is 14.1 Å². The molecule has 0 aliphatic heterocycles. The van der Waals surface area contributed by atoms with Crippen molar-refractivity contribution in [3.05, 3.63) is 50.8 Å². The van der Waals surface area contributed by atoms with E-state index < -0.39 is 6.10 Å². The number of aliphatic hydroxyl groups excluding tert-OH is 1. The zero-order chi connectivity index (χ0) is 21.1. The van der Waals surface area contributed by atoms with E-state index in [0.29, 0.717) is 25.5 Å². The Balaban J connectivity index is 1.42. The number of rotatable bonds is 9.